The van der Waals surface area contributed by atoms with E-state index in [9.17, 15) is 13.2 Å². The molecule has 5 nitrogen and oxygen atoms in total. The van der Waals surface area contributed by atoms with Gasteiger partial charge in [-0.2, -0.15) is 0 Å². The molecule has 0 aromatic carbocycles. The van der Waals surface area contributed by atoms with Crippen molar-refractivity contribution in [2.75, 3.05) is 26.9 Å². The van der Waals surface area contributed by atoms with Crippen LogP contribution in [0.5, 0.6) is 0 Å². The zero-order valence-corrected chi connectivity index (χ0v) is 11.7. The maximum absolute atomic E-state index is 11.6. The van der Waals surface area contributed by atoms with Crippen molar-refractivity contribution >= 4 is 27.3 Å². The van der Waals surface area contributed by atoms with Crippen molar-refractivity contribution < 1.29 is 13.2 Å². The lowest BCUT2D eigenvalue weighted by Crippen LogP contribution is -2.24. The van der Waals surface area contributed by atoms with Crippen LogP contribution in [0.3, 0.4) is 0 Å². The maximum Gasteiger partial charge on any atom is 0.263 e. The largest absolute Gasteiger partial charge is 0.344 e. The van der Waals surface area contributed by atoms with Crippen LogP contribution < -0.4 is 4.72 Å². The van der Waals surface area contributed by atoms with Gasteiger partial charge in [0.05, 0.1) is 11.1 Å². The van der Waals surface area contributed by atoms with E-state index in [1.807, 2.05) is 6.07 Å². The Hall–Kier alpha value is -0.920. The first-order valence-electron chi connectivity index (χ1n) is 5.04. The van der Waals surface area contributed by atoms with Crippen LogP contribution in [0.2, 0.25) is 0 Å². The molecule has 1 aromatic heterocycles. The number of hydrogen-bond acceptors (Lipinski definition) is 4. The molecule has 1 amide bonds. The Morgan fingerprint density at radius 3 is 2.59 bits per heavy atom. The van der Waals surface area contributed by atoms with Crippen LogP contribution in [-0.4, -0.2) is 46.1 Å². The lowest BCUT2D eigenvalue weighted by molar-refractivity contribution is 0.0832. The van der Waals surface area contributed by atoms with Crippen molar-refractivity contribution in [3.05, 3.63) is 21.9 Å². The normalized spacial score (nSPS) is 11.5. The van der Waals surface area contributed by atoms with E-state index in [2.05, 4.69) is 4.72 Å². The summed E-state index contributed by atoms with van der Waals surface area (Å²) in [6.45, 7) is 0.356. The lowest BCUT2D eigenvalue weighted by Gasteiger charge is -2.07. The monoisotopic (exact) mass is 276 g/mol. The number of hydrogen-bond donors (Lipinski definition) is 1. The third-order valence-corrected chi connectivity index (χ3v) is 3.88. The third-order valence-electron chi connectivity index (χ3n) is 2.01. The molecule has 0 saturated carbocycles. The van der Waals surface area contributed by atoms with Crippen molar-refractivity contribution in [2.45, 2.75) is 6.42 Å². The van der Waals surface area contributed by atoms with E-state index in [0.29, 0.717) is 17.8 Å². The fourth-order valence-electron chi connectivity index (χ4n) is 1.21. The molecule has 1 N–H and O–H groups in total. The second kappa shape index (κ2) is 5.61. The summed E-state index contributed by atoms with van der Waals surface area (Å²) in [5.74, 6) is -0.0303. The summed E-state index contributed by atoms with van der Waals surface area (Å²) in [7, 11) is 0.265. The first kappa shape index (κ1) is 14.1. The molecule has 0 spiro atoms. The summed E-state index contributed by atoms with van der Waals surface area (Å²) >= 11 is 1.39. The second-order valence-electron chi connectivity index (χ2n) is 3.88. The average Bonchev–Trinajstić information content (AvgIpc) is 2.63. The number of amides is 1. The fraction of sp³-hybridized carbons (Fsp3) is 0.500. The summed E-state index contributed by atoms with van der Waals surface area (Å²) < 4.78 is 24.1. The van der Waals surface area contributed by atoms with Crippen LogP contribution in [0, 0.1) is 0 Å². The van der Waals surface area contributed by atoms with E-state index < -0.39 is 10.0 Å². The quantitative estimate of drug-likeness (QED) is 0.853. The molecule has 0 radical (unpaired) electrons. The Balaban J connectivity index is 2.55. The minimum absolute atomic E-state index is 0.0303. The molecular weight excluding hydrogens is 260 g/mol. The molecule has 1 aromatic rings. The lowest BCUT2D eigenvalue weighted by atomic mass is 10.3. The van der Waals surface area contributed by atoms with Crippen molar-refractivity contribution in [1.29, 1.82) is 0 Å². The van der Waals surface area contributed by atoms with Crippen LogP contribution in [0.15, 0.2) is 12.1 Å². The number of carbonyl (C=O) groups is 1. The number of carbonyl (C=O) groups excluding carboxylic acids is 1. The Bertz CT molecular complexity index is 491. The van der Waals surface area contributed by atoms with E-state index in [1.165, 1.54) is 16.2 Å². The predicted molar refractivity (Wildman–Crippen MR) is 68.9 cm³/mol. The zero-order chi connectivity index (χ0) is 13.1. The van der Waals surface area contributed by atoms with Crippen LogP contribution in [0.4, 0.5) is 0 Å². The van der Waals surface area contributed by atoms with Gasteiger partial charge in [0.15, 0.2) is 0 Å². The highest BCUT2D eigenvalue weighted by Gasteiger charge is 2.11. The first-order chi connectivity index (χ1) is 7.79. The SMILES string of the molecule is CN(C)C(=O)c1ccc(CCNS(C)(=O)=O)s1. The molecule has 0 aliphatic heterocycles. The van der Waals surface area contributed by atoms with Gasteiger partial charge in [-0.15, -0.1) is 11.3 Å². The van der Waals surface area contributed by atoms with Crippen LogP contribution in [0.25, 0.3) is 0 Å². The molecule has 0 unspecified atom stereocenters. The van der Waals surface area contributed by atoms with Gasteiger partial charge in [-0.05, 0) is 18.6 Å². The molecular formula is C10H16N2O3S2. The van der Waals surface area contributed by atoms with Crippen molar-refractivity contribution in [3.63, 3.8) is 0 Å². The summed E-state index contributed by atoms with van der Waals surface area (Å²) in [5.41, 5.74) is 0. The third kappa shape index (κ3) is 4.84. The van der Waals surface area contributed by atoms with Crippen molar-refractivity contribution in [2.24, 2.45) is 0 Å². The summed E-state index contributed by atoms with van der Waals surface area (Å²) in [5, 5.41) is 0. The predicted octanol–water partition coefficient (Wildman–Crippen LogP) is 0.542. The maximum atomic E-state index is 11.6. The van der Waals surface area contributed by atoms with Gasteiger partial charge in [-0.1, -0.05) is 0 Å². The molecule has 7 heteroatoms. The fourth-order valence-corrected chi connectivity index (χ4v) is 2.71. The Kier molecular flexibility index (Phi) is 4.67. The first-order valence-corrected chi connectivity index (χ1v) is 7.75. The van der Waals surface area contributed by atoms with Crippen LogP contribution in [-0.2, 0) is 16.4 Å². The highest BCUT2D eigenvalue weighted by Crippen LogP contribution is 2.17. The van der Waals surface area contributed by atoms with Gasteiger partial charge in [0.2, 0.25) is 10.0 Å². The van der Waals surface area contributed by atoms with Crippen molar-refractivity contribution in [1.82, 2.24) is 9.62 Å². The number of nitrogens with zero attached hydrogens (tertiary/aromatic N) is 1. The number of sulfonamides is 1. The van der Waals surface area contributed by atoms with Gasteiger partial charge in [-0.25, -0.2) is 13.1 Å². The molecule has 0 fully saturated rings. The molecule has 0 bridgehead atoms. The van der Waals surface area contributed by atoms with E-state index >= 15 is 0 Å². The minimum atomic E-state index is -3.14. The topological polar surface area (TPSA) is 66.5 Å². The molecule has 17 heavy (non-hydrogen) atoms. The van der Waals surface area contributed by atoms with Gasteiger partial charge in [0, 0.05) is 25.5 Å². The number of rotatable bonds is 5. The van der Waals surface area contributed by atoms with Gasteiger partial charge >= 0.3 is 0 Å². The molecule has 96 valence electrons. The van der Waals surface area contributed by atoms with Crippen LogP contribution >= 0.6 is 11.3 Å². The van der Waals surface area contributed by atoms with Gasteiger partial charge < -0.3 is 4.90 Å². The molecule has 0 aliphatic carbocycles. The zero-order valence-electron chi connectivity index (χ0n) is 10.1. The van der Waals surface area contributed by atoms with E-state index in [1.54, 1.807) is 20.2 Å². The Labute approximate surface area is 105 Å². The highest BCUT2D eigenvalue weighted by atomic mass is 32.2. The molecule has 0 aliphatic rings. The minimum Gasteiger partial charge on any atom is -0.344 e. The average molecular weight is 276 g/mol. The number of nitrogens with one attached hydrogen (secondary N) is 1. The van der Waals surface area contributed by atoms with Gasteiger partial charge in [0.25, 0.3) is 5.91 Å². The molecule has 0 atom stereocenters. The van der Waals surface area contributed by atoms with Gasteiger partial charge in [-0.3, -0.25) is 4.79 Å². The second-order valence-corrected chi connectivity index (χ2v) is 6.88. The van der Waals surface area contributed by atoms with E-state index in [-0.39, 0.29) is 5.91 Å². The molecule has 1 rings (SSSR count). The van der Waals surface area contributed by atoms with Gasteiger partial charge in [0.1, 0.15) is 0 Å². The highest BCUT2D eigenvalue weighted by molar-refractivity contribution is 7.88. The Morgan fingerprint density at radius 2 is 2.06 bits per heavy atom. The van der Waals surface area contributed by atoms with E-state index in [4.69, 9.17) is 0 Å². The standard InChI is InChI=1S/C10H16N2O3S2/c1-12(2)10(13)9-5-4-8(16-9)6-7-11-17(3,14)15/h4-5,11H,6-7H2,1-3H3. The van der Waals surface area contributed by atoms with Crippen molar-refractivity contribution in [3.8, 4) is 0 Å². The number of thiophene rings is 1. The summed E-state index contributed by atoms with van der Waals surface area (Å²) in [6.07, 6.45) is 1.72. The molecule has 0 saturated heterocycles. The Morgan fingerprint density at radius 1 is 1.41 bits per heavy atom. The smallest absolute Gasteiger partial charge is 0.263 e. The summed E-state index contributed by atoms with van der Waals surface area (Å²) in [6, 6.07) is 3.62. The molecule has 1 heterocycles. The van der Waals surface area contributed by atoms with Crippen LogP contribution in [0.1, 0.15) is 14.5 Å². The van der Waals surface area contributed by atoms with E-state index in [0.717, 1.165) is 11.1 Å². The summed E-state index contributed by atoms with van der Waals surface area (Å²) in [4.78, 5) is 14.8.